The van der Waals surface area contributed by atoms with Gasteiger partial charge in [0.25, 0.3) is 0 Å². The second-order valence-corrected chi connectivity index (χ2v) is 10.7. The van der Waals surface area contributed by atoms with Crippen molar-refractivity contribution in [2.75, 3.05) is 13.1 Å². The van der Waals surface area contributed by atoms with Gasteiger partial charge >= 0.3 is 12.1 Å². The minimum atomic E-state index is -0.921. The molecule has 0 spiro atoms. The van der Waals surface area contributed by atoms with Crippen molar-refractivity contribution in [2.24, 2.45) is 23.3 Å². The first-order chi connectivity index (χ1) is 16.7. The van der Waals surface area contributed by atoms with E-state index < -0.39 is 35.7 Å². The number of esters is 1. The van der Waals surface area contributed by atoms with Crippen LogP contribution in [0.25, 0.3) is 0 Å². The van der Waals surface area contributed by atoms with Gasteiger partial charge in [0.1, 0.15) is 17.4 Å². The number of hydrogen-bond acceptors (Lipinski definition) is 7. The zero-order chi connectivity index (χ0) is 27.0. The molecule has 1 fully saturated rings. The number of nitrogens with one attached hydrogen (secondary N) is 1. The Kier molecular flexibility index (Phi) is 10.3. The molecule has 1 heterocycles. The number of primary amides is 1. The van der Waals surface area contributed by atoms with Gasteiger partial charge in [-0.15, -0.1) is 0 Å². The molecule has 0 bridgehead atoms. The van der Waals surface area contributed by atoms with Crippen LogP contribution in [0.3, 0.4) is 0 Å². The molecule has 0 aromatic heterocycles. The third-order valence-corrected chi connectivity index (χ3v) is 5.79. The summed E-state index contributed by atoms with van der Waals surface area (Å²) in [6.07, 6.45) is 1.21. The number of nitrogens with zero attached hydrogens (tertiary/aromatic N) is 1. The molecule has 1 aromatic rings. The molecule has 10 nitrogen and oxygen atoms in total. The van der Waals surface area contributed by atoms with E-state index in [1.165, 1.54) is 0 Å². The van der Waals surface area contributed by atoms with Crippen LogP contribution in [0, 0.1) is 11.8 Å². The van der Waals surface area contributed by atoms with Crippen molar-refractivity contribution in [3.8, 4) is 5.75 Å². The highest BCUT2D eigenvalue weighted by molar-refractivity contribution is 5.87. The molecule has 2 unspecified atom stereocenters. The SMILES string of the molecule is CC(C)CC(N)C(=O)NC(Cc1ccc(OC(=O)N2CCC(C(N)=O)CC2)cc1)C(=O)OC(C)(C)C. The van der Waals surface area contributed by atoms with E-state index in [4.69, 9.17) is 20.9 Å². The molecule has 1 aromatic carbocycles. The molecule has 5 N–H and O–H groups in total. The van der Waals surface area contributed by atoms with Crippen LogP contribution >= 0.6 is 0 Å². The Morgan fingerprint density at radius 3 is 2.17 bits per heavy atom. The number of amides is 3. The third-order valence-electron chi connectivity index (χ3n) is 5.79. The average Bonchev–Trinajstić information content (AvgIpc) is 2.78. The average molecular weight is 505 g/mol. The minimum absolute atomic E-state index is 0.184. The van der Waals surface area contributed by atoms with Crippen LogP contribution in [0.15, 0.2) is 24.3 Å². The minimum Gasteiger partial charge on any atom is -0.458 e. The fourth-order valence-electron chi connectivity index (χ4n) is 3.90. The molecule has 36 heavy (non-hydrogen) atoms. The molecule has 1 saturated heterocycles. The summed E-state index contributed by atoms with van der Waals surface area (Å²) in [4.78, 5) is 50.7. The van der Waals surface area contributed by atoms with Gasteiger partial charge in [0.15, 0.2) is 0 Å². The largest absolute Gasteiger partial charge is 0.458 e. The van der Waals surface area contributed by atoms with Crippen LogP contribution in [0.5, 0.6) is 5.75 Å². The molecular formula is C26H40N4O6. The van der Waals surface area contributed by atoms with Gasteiger partial charge < -0.3 is 31.2 Å². The van der Waals surface area contributed by atoms with E-state index in [0.717, 1.165) is 5.56 Å². The lowest BCUT2D eigenvalue weighted by atomic mass is 9.97. The van der Waals surface area contributed by atoms with Gasteiger partial charge in [-0.2, -0.15) is 0 Å². The van der Waals surface area contributed by atoms with Crippen LogP contribution < -0.4 is 21.5 Å². The number of rotatable bonds is 9. The lowest BCUT2D eigenvalue weighted by Gasteiger charge is -2.29. The highest BCUT2D eigenvalue weighted by atomic mass is 16.6. The Hall–Kier alpha value is -3.14. The summed E-state index contributed by atoms with van der Waals surface area (Å²) in [5.41, 5.74) is 11.4. The van der Waals surface area contributed by atoms with Gasteiger partial charge in [-0.25, -0.2) is 9.59 Å². The normalized spacial score (nSPS) is 16.2. The lowest BCUT2D eigenvalue weighted by Crippen LogP contribution is -2.51. The highest BCUT2D eigenvalue weighted by Crippen LogP contribution is 2.20. The third kappa shape index (κ3) is 9.49. The molecule has 1 aliphatic heterocycles. The quantitative estimate of drug-likeness (QED) is 0.435. The van der Waals surface area contributed by atoms with Gasteiger partial charge in [-0.05, 0) is 63.6 Å². The van der Waals surface area contributed by atoms with Gasteiger partial charge in [0, 0.05) is 25.4 Å². The molecule has 0 saturated carbocycles. The van der Waals surface area contributed by atoms with Gasteiger partial charge in [0.2, 0.25) is 11.8 Å². The Labute approximate surface area is 213 Å². The van der Waals surface area contributed by atoms with Gasteiger partial charge in [0.05, 0.1) is 6.04 Å². The van der Waals surface area contributed by atoms with E-state index >= 15 is 0 Å². The number of nitrogens with two attached hydrogens (primary N) is 2. The maximum absolute atomic E-state index is 12.8. The van der Waals surface area contributed by atoms with Crippen molar-refractivity contribution in [3.05, 3.63) is 29.8 Å². The van der Waals surface area contributed by atoms with Crippen LogP contribution in [0.1, 0.15) is 59.4 Å². The standard InChI is InChI=1S/C26H40N4O6/c1-16(2)14-20(27)23(32)29-21(24(33)36-26(3,4)5)15-17-6-8-19(9-7-17)35-25(34)30-12-10-18(11-13-30)22(28)31/h6-9,16,18,20-21H,10-15,27H2,1-5H3,(H2,28,31)(H,29,32). The van der Waals surface area contributed by atoms with Crippen molar-refractivity contribution >= 4 is 23.9 Å². The number of likely N-dealkylation sites (tertiary alicyclic amines) is 1. The monoisotopic (exact) mass is 504 g/mol. The van der Waals surface area contributed by atoms with Crippen molar-refractivity contribution in [1.29, 1.82) is 0 Å². The summed E-state index contributed by atoms with van der Waals surface area (Å²) in [6, 6.07) is 5.04. The van der Waals surface area contributed by atoms with E-state index in [9.17, 15) is 19.2 Å². The second-order valence-electron chi connectivity index (χ2n) is 10.7. The van der Waals surface area contributed by atoms with E-state index in [2.05, 4.69) is 5.32 Å². The van der Waals surface area contributed by atoms with Gasteiger partial charge in [-0.1, -0.05) is 26.0 Å². The van der Waals surface area contributed by atoms with E-state index in [-0.39, 0.29) is 24.2 Å². The zero-order valence-electron chi connectivity index (χ0n) is 21.9. The molecule has 2 rings (SSSR count). The summed E-state index contributed by atoms with van der Waals surface area (Å²) in [6.45, 7) is 10.0. The molecule has 1 aliphatic rings. The predicted molar refractivity (Wildman–Crippen MR) is 135 cm³/mol. The first-order valence-corrected chi connectivity index (χ1v) is 12.4. The van der Waals surface area contributed by atoms with E-state index in [1.807, 2.05) is 13.8 Å². The maximum atomic E-state index is 12.8. The van der Waals surface area contributed by atoms with Crippen molar-refractivity contribution < 1.29 is 28.7 Å². The maximum Gasteiger partial charge on any atom is 0.415 e. The van der Waals surface area contributed by atoms with Crippen LogP contribution in [-0.4, -0.2) is 59.6 Å². The lowest BCUT2D eigenvalue weighted by molar-refractivity contribution is -0.158. The second kappa shape index (κ2) is 12.7. The molecule has 0 radical (unpaired) electrons. The van der Waals surface area contributed by atoms with Crippen molar-refractivity contribution in [1.82, 2.24) is 10.2 Å². The number of benzene rings is 1. The molecule has 10 heteroatoms. The Balaban J connectivity index is 2.02. The van der Waals surface area contributed by atoms with Crippen LogP contribution in [-0.2, 0) is 25.5 Å². The van der Waals surface area contributed by atoms with Gasteiger partial charge in [-0.3, -0.25) is 9.59 Å². The van der Waals surface area contributed by atoms with Crippen molar-refractivity contribution in [3.63, 3.8) is 0 Å². The Bertz CT molecular complexity index is 917. The number of piperidine rings is 1. The molecule has 200 valence electrons. The van der Waals surface area contributed by atoms with Crippen LogP contribution in [0.4, 0.5) is 4.79 Å². The number of carbonyl (C=O) groups excluding carboxylic acids is 4. The summed E-state index contributed by atoms with van der Waals surface area (Å²) in [7, 11) is 0. The fourth-order valence-corrected chi connectivity index (χ4v) is 3.90. The number of ether oxygens (including phenoxy) is 2. The highest BCUT2D eigenvalue weighted by Gasteiger charge is 2.29. The Morgan fingerprint density at radius 2 is 1.67 bits per heavy atom. The zero-order valence-corrected chi connectivity index (χ0v) is 21.9. The smallest absolute Gasteiger partial charge is 0.415 e. The fraction of sp³-hybridized carbons (Fsp3) is 0.615. The predicted octanol–water partition coefficient (Wildman–Crippen LogP) is 2.13. The summed E-state index contributed by atoms with van der Waals surface area (Å²) in [5.74, 6) is -0.950. The summed E-state index contributed by atoms with van der Waals surface area (Å²) in [5, 5.41) is 2.73. The first-order valence-electron chi connectivity index (χ1n) is 12.4. The molecule has 2 atom stereocenters. The summed E-state index contributed by atoms with van der Waals surface area (Å²) < 4.78 is 11.0. The first kappa shape index (κ1) is 29.1. The van der Waals surface area contributed by atoms with Crippen molar-refractivity contribution in [2.45, 2.75) is 78.0 Å². The molecule has 3 amide bonds. The number of hydrogen-bond donors (Lipinski definition) is 3. The molecule has 0 aliphatic carbocycles. The topological polar surface area (TPSA) is 154 Å². The number of carbonyl (C=O) groups is 4. The molecular weight excluding hydrogens is 464 g/mol. The summed E-state index contributed by atoms with van der Waals surface area (Å²) >= 11 is 0. The van der Waals surface area contributed by atoms with Crippen LogP contribution in [0.2, 0.25) is 0 Å². The van der Waals surface area contributed by atoms with E-state index in [0.29, 0.717) is 38.1 Å². The van der Waals surface area contributed by atoms with E-state index in [1.54, 1.807) is 49.9 Å². The Morgan fingerprint density at radius 1 is 1.08 bits per heavy atom.